The maximum absolute atomic E-state index is 12.3. The first-order valence-corrected chi connectivity index (χ1v) is 9.94. The summed E-state index contributed by atoms with van der Waals surface area (Å²) in [7, 11) is 0. The molecule has 1 N–H and O–H groups in total. The molecule has 142 valence electrons. The lowest BCUT2D eigenvalue weighted by atomic mass is 10.1. The fourth-order valence-electron chi connectivity index (χ4n) is 2.87. The number of benzene rings is 2. The SMILES string of the molecule is N#CC(=Cc1ccc(-c2nc3ccccc3s2)o1)C(=O)NCCc1ccccc1. The Morgan fingerprint density at radius 2 is 1.90 bits per heavy atom. The molecule has 0 radical (unpaired) electrons. The van der Waals surface area contributed by atoms with Gasteiger partial charge in [-0.05, 0) is 36.2 Å². The third-order valence-electron chi connectivity index (χ3n) is 4.33. The molecule has 4 rings (SSSR count). The van der Waals surface area contributed by atoms with Crippen molar-refractivity contribution in [2.45, 2.75) is 6.42 Å². The van der Waals surface area contributed by atoms with Crippen LogP contribution in [0.25, 0.3) is 27.1 Å². The zero-order valence-electron chi connectivity index (χ0n) is 15.5. The van der Waals surface area contributed by atoms with Crippen LogP contribution in [0.3, 0.4) is 0 Å². The van der Waals surface area contributed by atoms with E-state index in [1.807, 2.05) is 60.7 Å². The van der Waals surface area contributed by atoms with Crippen molar-refractivity contribution in [3.05, 3.63) is 83.6 Å². The van der Waals surface area contributed by atoms with Gasteiger partial charge >= 0.3 is 0 Å². The maximum Gasteiger partial charge on any atom is 0.262 e. The van der Waals surface area contributed by atoms with Crippen LogP contribution >= 0.6 is 11.3 Å². The van der Waals surface area contributed by atoms with Crippen LogP contribution in [0.15, 0.2) is 76.7 Å². The van der Waals surface area contributed by atoms with Gasteiger partial charge in [0.25, 0.3) is 5.91 Å². The van der Waals surface area contributed by atoms with Gasteiger partial charge in [-0.1, -0.05) is 42.5 Å². The van der Waals surface area contributed by atoms with Crippen molar-refractivity contribution in [2.24, 2.45) is 0 Å². The molecule has 2 aromatic carbocycles. The van der Waals surface area contributed by atoms with Gasteiger partial charge < -0.3 is 9.73 Å². The second-order valence-electron chi connectivity index (χ2n) is 6.35. The smallest absolute Gasteiger partial charge is 0.262 e. The van der Waals surface area contributed by atoms with Gasteiger partial charge in [-0.2, -0.15) is 5.26 Å². The number of carbonyl (C=O) groups is 1. The Hall–Kier alpha value is -3.69. The van der Waals surface area contributed by atoms with Gasteiger partial charge in [0.2, 0.25) is 0 Å². The van der Waals surface area contributed by atoms with Crippen molar-refractivity contribution < 1.29 is 9.21 Å². The van der Waals surface area contributed by atoms with Crippen molar-refractivity contribution in [1.29, 1.82) is 5.26 Å². The second kappa shape index (κ2) is 8.55. The summed E-state index contributed by atoms with van der Waals surface area (Å²) in [6.45, 7) is 0.455. The molecule has 0 fully saturated rings. The third kappa shape index (κ3) is 4.42. The molecule has 29 heavy (non-hydrogen) atoms. The Bertz CT molecular complexity index is 1180. The highest BCUT2D eigenvalue weighted by atomic mass is 32.1. The van der Waals surface area contributed by atoms with Crippen molar-refractivity contribution in [1.82, 2.24) is 10.3 Å². The number of hydrogen-bond acceptors (Lipinski definition) is 5. The maximum atomic E-state index is 12.3. The Kier molecular flexibility index (Phi) is 5.50. The predicted octanol–water partition coefficient (Wildman–Crippen LogP) is 4.82. The quantitative estimate of drug-likeness (QED) is 0.372. The fraction of sp³-hybridized carbons (Fsp3) is 0.0870. The van der Waals surface area contributed by atoms with E-state index in [0.717, 1.165) is 20.8 Å². The summed E-state index contributed by atoms with van der Waals surface area (Å²) in [5, 5.41) is 12.9. The number of amides is 1. The van der Waals surface area contributed by atoms with E-state index in [4.69, 9.17) is 4.42 Å². The number of carbonyl (C=O) groups excluding carboxylic acids is 1. The Morgan fingerprint density at radius 1 is 1.10 bits per heavy atom. The summed E-state index contributed by atoms with van der Waals surface area (Å²) in [6, 6.07) is 23.2. The summed E-state index contributed by atoms with van der Waals surface area (Å²) < 4.78 is 6.87. The monoisotopic (exact) mass is 399 g/mol. The summed E-state index contributed by atoms with van der Waals surface area (Å²) in [6.07, 6.45) is 2.16. The highest BCUT2D eigenvalue weighted by molar-refractivity contribution is 7.21. The summed E-state index contributed by atoms with van der Waals surface area (Å²) in [4.78, 5) is 16.9. The minimum atomic E-state index is -0.415. The van der Waals surface area contributed by atoms with Gasteiger partial charge in [-0.15, -0.1) is 11.3 Å². The molecule has 0 bridgehead atoms. The lowest BCUT2D eigenvalue weighted by molar-refractivity contribution is -0.117. The predicted molar refractivity (Wildman–Crippen MR) is 114 cm³/mol. The lowest BCUT2D eigenvalue weighted by Crippen LogP contribution is -2.26. The van der Waals surface area contributed by atoms with Gasteiger partial charge in [-0.25, -0.2) is 4.98 Å². The average Bonchev–Trinajstić information content (AvgIpc) is 3.39. The van der Waals surface area contributed by atoms with E-state index in [1.165, 1.54) is 17.4 Å². The van der Waals surface area contributed by atoms with Crippen LogP contribution in [0.2, 0.25) is 0 Å². The van der Waals surface area contributed by atoms with Crippen LogP contribution in [0.1, 0.15) is 11.3 Å². The van der Waals surface area contributed by atoms with Gasteiger partial charge in [0.15, 0.2) is 10.8 Å². The molecule has 0 unspecified atom stereocenters. The molecule has 0 aliphatic carbocycles. The summed E-state index contributed by atoms with van der Waals surface area (Å²) in [5.41, 5.74) is 2.04. The normalized spacial score (nSPS) is 11.3. The highest BCUT2D eigenvalue weighted by Crippen LogP contribution is 2.31. The standard InChI is InChI=1S/C23H17N3O2S/c24-15-17(22(27)25-13-12-16-6-2-1-3-7-16)14-18-10-11-20(28-18)23-26-19-8-4-5-9-21(19)29-23/h1-11,14H,12-13H2,(H,25,27). The van der Waals surface area contributed by atoms with Gasteiger partial charge in [0.05, 0.1) is 10.2 Å². The molecular weight excluding hydrogens is 382 g/mol. The Labute approximate surface area is 171 Å². The Morgan fingerprint density at radius 3 is 2.69 bits per heavy atom. The number of para-hydroxylation sites is 1. The van der Waals surface area contributed by atoms with E-state index in [2.05, 4.69) is 10.3 Å². The number of nitriles is 1. The van der Waals surface area contributed by atoms with Crippen molar-refractivity contribution in [3.63, 3.8) is 0 Å². The minimum absolute atomic E-state index is 0.00302. The van der Waals surface area contributed by atoms with E-state index in [0.29, 0.717) is 24.5 Å². The molecule has 6 heteroatoms. The van der Waals surface area contributed by atoms with E-state index in [1.54, 1.807) is 12.1 Å². The molecular formula is C23H17N3O2S. The summed E-state index contributed by atoms with van der Waals surface area (Å²) in [5.74, 6) is 0.634. The fourth-order valence-corrected chi connectivity index (χ4v) is 3.80. The number of nitrogens with one attached hydrogen (secondary N) is 1. The molecule has 0 aliphatic rings. The van der Waals surface area contributed by atoms with Crippen LogP contribution in [-0.4, -0.2) is 17.4 Å². The number of nitrogens with zero attached hydrogens (tertiary/aromatic N) is 2. The van der Waals surface area contributed by atoms with Gasteiger partial charge in [0.1, 0.15) is 17.4 Å². The van der Waals surface area contributed by atoms with Crippen molar-refractivity contribution >= 4 is 33.5 Å². The third-order valence-corrected chi connectivity index (χ3v) is 5.38. The van der Waals surface area contributed by atoms with Crippen LogP contribution in [0, 0.1) is 11.3 Å². The zero-order valence-corrected chi connectivity index (χ0v) is 16.3. The number of thiazole rings is 1. The minimum Gasteiger partial charge on any atom is -0.454 e. The molecule has 4 aromatic rings. The first-order valence-electron chi connectivity index (χ1n) is 9.12. The van der Waals surface area contributed by atoms with E-state index in [-0.39, 0.29) is 5.57 Å². The molecule has 2 aromatic heterocycles. The molecule has 0 spiro atoms. The second-order valence-corrected chi connectivity index (χ2v) is 7.38. The zero-order chi connectivity index (χ0) is 20.1. The summed E-state index contributed by atoms with van der Waals surface area (Å²) >= 11 is 1.53. The van der Waals surface area contributed by atoms with E-state index in [9.17, 15) is 10.1 Å². The molecule has 1 amide bonds. The lowest BCUT2D eigenvalue weighted by Gasteiger charge is -2.04. The van der Waals surface area contributed by atoms with E-state index >= 15 is 0 Å². The van der Waals surface area contributed by atoms with Crippen LogP contribution in [-0.2, 0) is 11.2 Å². The average molecular weight is 399 g/mol. The largest absolute Gasteiger partial charge is 0.454 e. The Balaban J connectivity index is 1.44. The van der Waals surface area contributed by atoms with E-state index < -0.39 is 5.91 Å². The molecule has 0 atom stereocenters. The van der Waals surface area contributed by atoms with Crippen LogP contribution in [0.4, 0.5) is 0 Å². The van der Waals surface area contributed by atoms with Crippen LogP contribution in [0.5, 0.6) is 0 Å². The van der Waals surface area contributed by atoms with Gasteiger partial charge in [0, 0.05) is 12.6 Å². The number of rotatable bonds is 6. The number of fused-ring (bicyclic) bond motifs is 1. The van der Waals surface area contributed by atoms with Gasteiger partial charge in [-0.3, -0.25) is 4.79 Å². The number of aromatic nitrogens is 1. The molecule has 2 heterocycles. The molecule has 0 saturated heterocycles. The number of hydrogen-bond donors (Lipinski definition) is 1. The first kappa shape index (κ1) is 18.7. The highest BCUT2D eigenvalue weighted by Gasteiger charge is 2.13. The van der Waals surface area contributed by atoms with Crippen LogP contribution < -0.4 is 5.32 Å². The van der Waals surface area contributed by atoms with Crippen molar-refractivity contribution in [3.8, 4) is 16.8 Å². The number of furan rings is 1. The van der Waals surface area contributed by atoms with Crippen molar-refractivity contribution in [2.75, 3.05) is 6.54 Å². The topological polar surface area (TPSA) is 78.9 Å². The molecule has 0 saturated carbocycles. The molecule has 5 nitrogen and oxygen atoms in total. The molecule has 0 aliphatic heterocycles. The first-order chi connectivity index (χ1) is 14.2.